The minimum atomic E-state index is -3.39. The number of nitrogens with one attached hydrogen (secondary N) is 1. The van der Waals surface area contributed by atoms with Gasteiger partial charge in [-0.2, -0.15) is 5.10 Å². The Labute approximate surface area is 129 Å². The maximum Gasteiger partial charge on any atom is 0.341 e. The van der Waals surface area contributed by atoms with Gasteiger partial charge in [0.1, 0.15) is 5.56 Å². The number of unbranched alkanes of at least 4 members (excludes halogenated alkanes) is 1. The average Bonchev–Trinajstić information content (AvgIpc) is 2.88. The van der Waals surface area contributed by atoms with Gasteiger partial charge in [0.25, 0.3) is 0 Å². The summed E-state index contributed by atoms with van der Waals surface area (Å²) in [6, 6.07) is 3.17. The third kappa shape index (κ3) is 3.76. The Hall–Kier alpha value is -2.09. The van der Waals surface area contributed by atoms with E-state index in [1.165, 1.54) is 10.7 Å². The van der Waals surface area contributed by atoms with E-state index in [9.17, 15) is 13.2 Å². The number of esters is 1. The third-order valence-corrected chi connectivity index (χ3v) is 4.43. The Morgan fingerprint density at radius 2 is 2.18 bits per heavy atom. The molecule has 0 radical (unpaired) electrons. The van der Waals surface area contributed by atoms with Crippen LogP contribution in [0.4, 0.5) is 5.69 Å². The van der Waals surface area contributed by atoms with Gasteiger partial charge >= 0.3 is 5.97 Å². The molecule has 0 amide bonds. The molecular weight excluding hydrogens is 306 g/mol. The van der Waals surface area contributed by atoms with Crippen molar-refractivity contribution in [2.75, 3.05) is 17.1 Å². The maximum absolute atomic E-state index is 11.9. The lowest BCUT2D eigenvalue weighted by Crippen LogP contribution is -2.16. The lowest BCUT2D eigenvalue weighted by atomic mass is 10.2. The van der Waals surface area contributed by atoms with Crippen molar-refractivity contribution in [1.29, 1.82) is 0 Å². The van der Waals surface area contributed by atoms with E-state index in [0.717, 1.165) is 6.42 Å². The van der Waals surface area contributed by atoms with Gasteiger partial charge in [-0.05, 0) is 25.5 Å². The van der Waals surface area contributed by atoms with E-state index in [4.69, 9.17) is 4.74 Å². The molecule has 2 aromatic rings. The van der Waals surface area contributed by atoms with E-state index in [-0.39, 0.29) is 12.4 Å². The summed E-state index contributed by atoms with van der Waals surface area (Å²) < 4.78 is 32.8. The van der Waals surface area contributed by atoms with E-state index in [0.29, 0.717) is 23.2 Å². The Morgan fingerprint density at radius 3 is 2.86 bits per heavy atom. The highest BCUT2D eigenvalue weighted by atomic mass is 32.2. The van der Waals surface area contributed by atoms with Crippen LogP contribution in [-0.4, -0.2) is 36.4 Å². The number of hydrogen-bond acceptors (Lipinski definition) is 5. The third-order valence-electron chi connectivity index (χ3n) is 3.06. The maximum atomic E-state index is 11.9. The first-order chi connectivity index (χ1) is 10.5. The summed E-state index contributed by atoms with van der Waals surface area (Å²) >= 11 is 0. The fourth-order valence-electron chi connectivity index (χ4n) is 1.98. The number of fused-ring (bicyclic) bond motifs is 1. The lowest BCUT2D eigenvalue weighted by Gasteiger charge is -2.08. The van der Waals surface area contributed by atoms with E-state index < -0.39 is 16.0 Å². The van der Waals surface area contributed by atoms with Crippen molar-refractivity contribution < 1.29 is 17.9 Å². The molecule has 0 aromatic carbocycles. The Kier molecular flexibility index (Phi) is 5.02. The fourth-order valence-corrected chi connectivity index (χ4v) is 3.23. The van der Waals surface area contributed by atoms with Crippen LogP contribution in [0.3, 0.4) is 0 Å². The van der Waals surface area contributed by atoms with Crippen LogP contribution in [0.5, 0.6) is 0 Å². The monoisotopic (exact) mass is 325 g/mol. The number of hydrogen-bond donors (Lipinski definition) is 1. The summed E-state index contributed by atoms with van der Waals surface area (Å²) in [6.45, 7) is 3.91. The number of ether oxygens (including phenoxy) is 1. The SMILES string of the molecule is CCCCS(=O)(=O)Nc1ccn2ncc(C(=O)OCC)c2c1. The van der Waals surface area contributed by atoms with Gasteiger partial charge in [0.2, 0.25) is 10.0 Å². The van der Waals surface area contributed by atoms with E-state index >= 15 is 0 Å². The molecule has 0 unspecified atom stereocenters. The van der Waals surface area contributed by atoms with Crippen LogP contribution < -0.4 is 4.72 Å². The highest BCUT2D eigenvalue weighted by molar-refractivity contribution is 7.92. The predicted octanol–water partition coefficient (Wildman–Crippen LogP) is 2.05. The van der Waals surface area contributed by atoms with Crippen LogP contribution in [-0.2, 0) is 14.8 Å². The largest absolute Gasteiger partial charge is 0.462 e. The molecule has 0 spiro atoms. The van der Waals surface area contributed by atoms with Crippen LogP contribution in [0.2, 0.25) is 0 Å². The van der Waals surface area contributed by atoms with Gasteiger partial charge in [0.15, 0.2) is 0 Å². The molecule has 0 saturated carbocycles. The smallest absolute Gasteiger partial charge is 0.341 e. The van der Waals surface area contributed by atoms with Gasteiger partial charge < -0.3 is 4.74 Å². The first-order valence-corrected chi connectivity index (χ1v) is 8.77. The summed E-state index contributed by atoms with van der Waals surface area (Å²) in [4.78, 5) is 11.8. The molecule has 1 N–H and O–H groups in total. The molecular formula is C14H19N3O4S. The molecule has 2 heterocycles. The number of anilines is 1. The zero-order valence-electron chi connectivity index (χ0n) is 12.6. The molecule has 0 aliphatic carbocycles. The second-order valence-electron chi connectivity index (χ2n) is 4.80. The average molecular weight is 325 g/mol. The number of carbonyl (C=O) groups is 1. The van der Waals surface area contributed by atoms with Gasteiger partial charge in [0.05, 0.1) is 29.8 Å². The normalized spacial score (nSPS) is 11.5. The number of pyridine rings is 1. The molecule has 22 heavy (non-hydrogen) atoms. The van der Waals surface area contributed by atoms with Crippen molar-refractivity contribution in [3.05, 3.63) is 30.1 Å². The summed E-state index contributed by atoms with van der Waals surface area (Å²) in [5.41, 5.74) is 1.19. The zero-order chi connectivity index (χ0) is 16.2. The standard InChI is InChI=1S/C14H19N3O4S/c1-3-5-8-22(19,20)16-11-6-7-17-13(9-11)12(10-15-17)14(18)21-4-2/h6-7,9-10,16H,3-5,8H2,1-2H3. The second-order valence-corrected chi connectivity index (χ2v) is 6.64. The minimum absolute atomic E-state index is 0.0681. The van der Waals surface area contributed by atoms with Gasteiger partial charge in [-0.1, -0.05) is 13.3 Å². The topological polar surface area (TPSA) is 89.8 Å². The predicted molar refractivity (Wildman–Crippen MR) is 83.5 cm³/mol. The van der Waals surface area contributed by atoms with Crippen LogP contribution in [0, 0.1) is 0 Å². The van der Waals surface area contributed by atoms with Crippen LogP contribution >= 0.6 is 0 Å². The molecule has 0 aliphatic heterocycles. The molecule has 2 aromatic heterocycles. The van der Waals surface area contributed by atoms with Crippen LogP contribution in [0.1, 0.15) is 37.0 Å². The van der Waals surface area contributed by atoms with Crippen molar-refractivity contribution in [1.82, 2.24) is 9.61 Å². The summed E-state index contributed by atoms with van der Waals surface area (Å²) in [5, 5.41) is 4.05. The molecule has 0 bridgehead atoms. The Balaban J connectivity index is 2.29. The molecule has 0 aliphatic rings. The van der Waals surface area contributed by atoms with Crippen LogP contribution in [0.25, 0.3) is 5.52 Å². The number of aromatic nitrogens is 2. The molecule has 0 saturated heterocycles. The van der Waals surface area contributed by atoms with E-state index in [1.807, 2.05) is 6.92 Å². The first kappa shape index (κ1) is 16.3. The molecule has 2 rings (SSSR count). The van der Waals surface area contributed by atoms with Gasteiger partial charge in [-0.15, -0.1) is 0 Å². The number of rotatable bonds is 7. The highest BCUT2D eigenvalue weighted by Gasteiger charge is 2.15. The van der Waals surface area contributed by atoms with Gasteiger partial charge in [-0.3, -0.25) is 4.72 Å². The van der Waals surface area contributed by atoms with Crippen LogP contribution in [0.15, 0.2) is 24.5 Å². The van der Waals surface area contributed by atoms with E-state index in [2.05, 4.69) is 9.82 Å². The molecule has 7 nitrogen and oxygen atoms in total. The van der Waals surface area contributed by atoms with Crippen molar-refractivity contribution in [3.8, 4) is 0 Å². The van der Waals surface area contributed by atoms with Gasteiger partial charge in [0, 0.05) is 6.20 Å². The molecule has 0 atom stereocenters. The molecule has 120 valence electrons. The second kappa shape index (κ2) is 6.78. The van der Waals surface area contributed by atoms with Crippen molar-refractivity contribution in [2.24, 2.45) is 0 Å². The number of carbonyl (C=O) groups excluding carboxylic acids is 1. The quantitative estimate of drug-likeness (QED) is 0.787. The zero-order valence-corrected chi connectivity index (χ0v) is 13.4. The minimum Gasteiger partial charge on any atom is -0.462 e. The van der Waals surface area contributed by atoms with Crippen molar-refractivity contribution in [3.63, 3.8) is 0 Å². The highest BCUT2D eigenvalue weighted by Crippen LogP contribution is 2.18. The number of nitrogens with zero attached hydrogens (tertiary/aromatic N) is 2. The first-order valence-electron chi connectivity index (χ1n) is 7.12. The Bertz CT molecular complexity index is 767. The van der Waals surface area contributed by atoms with Gasteiger partial charge in [-0.25, -0.2) is 17.7 Å². The van der Waals surface area contributed by atoms with Crippen molar-refractivity contribution >= 4 is 27.2 Å². The van der Waals surface area contributed by atoms with Crippen molar-refractivity contribution in [2.45, 2.75) is 26.7 Å². The summed E-state index contributed by atoms with van der Waals surface area (Å²) in [7, 11) is -3.39. The summed E-state index contributed by atoms with van der Waals surface area (Å²) in [6.07, 6.45) is 4.40. The molecule has 8 heteroatoms. The fraction of sp³-hybridized carbons (Fsp3) is 0.429. The molecule has 0 fully saturated rings. The number of sulfonamides is 1. The van der Waals surface area contributed by atoms with E-state index in [1.54, 1.807) is 25.3 Å². The summed E-state index contributed by atoms with van der Waals surface area (Å²) in [5.74, 6) is -0.415. The Morgan fingerprint density at radius 1 is 1.41 bits per heavy atom. The lowest BCUT2D eigenvalue weighted by molar-refractivity contribution is 0.0528.